The van der Waals surface area contributed by atoms with E-state index in [1.165, 1.54) is 11.8 Å². The van der Waals surface area contributed by atoms with Crippen LogP contribution in [0.25, 0.3) is 6.08 Å². The van der Waals surface area contributed by atoms with Crippen molar-refractivity contribution in [3.8, 4) is 11.5 Å². The Balaban J connectivity index is 1.94. The number of likely N-dealkylation sites (N-methyl/N-ethyl adjacent to an activating group) is 1. The highest BCUT2D eigenvalue weighted by Crippen LogP contribution is 2.36. The van der Waals surface area contributed by atoms with Crippen LogP contribution in [0.5, 0.6) is 11.5 Å². The van der Waals surface area contributed by atoms with Gasteiger partial charge in [-0.1, -0.05) is 29.8 Å². The molecule has 3 rings (SSSR count). The minimum absolute atomic E-state index is 0.0768. The number of carbonyl (C=O) groups excluding carboxylic acids is 1. The maximum atomic E-state index is 12.8. The first-order valence-electron chi connectivity index (χ1n) is 8.92. The molecule has 1 fully saturated rings. The summed E-state index contributed by atoms with van der Waals surface area (Å²) >= 11 is 7.55. The van der Waals surface area contributed by atoms with Crippen molar-refractivity contribution in [3.63, 3.8) is 0 Å². The molecule has 146 valence electrons. The lowest BCUT2D eigenvalue weighted by molar-refractivity contribution is -0.122. The Morgan fingerprint density at radius 1 is 1.18 bits per heavy atom. The topological polar surface area (TPSA) is 51.1 Å². The van der Waals surface area contributed by atoms with Gasteiger partial charge in [0.15, 0.2) is 16.7 Å². The second kappa shape index (κ2) is 9.17. The number of amidine groups is 1. The summed E-state index contributed by atoms with van der Waals surface area (Å²) in [6.07, 6.45) is 1.84. The standard InChI is InChI=1S/C21H21ClN2O3S/c1-4-24-20(25)19(28-21(24)23-16-9-7-6-8-15(16)22)13-14-10-11-17(26-3)18(12-14)27-5-2/h6-13H,4-5H2,1-3H3/b19-13+,23-21?. The van der Waals surface area contributed by atoms with Crippen molar-refractivity contribution in [2.24, 2.45) is 4.99 Å². The first kappa shape index (κ1) is 20.3. The van der Waals surface area contributed by atoms with Crippen LogP contribution < -0.4 is 9.47 Å². The number of para-hydroxylation sites is 1. The molecule has 0 N–H and O–H groups in total. The van der Waals surface area contributed by atoms with Gasteiger partial charge in [0, 0.05) is 6.54 Å². The van der Waals surface area contributed by atoms with Crippen LogP contribution >= 0.6 is 23.4 Å². The van der Waals surface area contributed by atoms with Gasteiger partial charge < -0.3 is 9.47 Å². The van der Waals surface area contributed by atoms with Gasteiger partial charge in [0.1, 0.15) is 0 Å². The highest BCUT2D eigenvalue weighted by atomic mass is 35.5. The highest BCUT2D eigenvalue weighted by molar-refractivity contribution is 8.18. The van der Waals surface area contributed by atoms with Gasteiger partial charge in [0.25, 0.3) is 5.91 Å². The first-order valence-corrected chi connectivity index (χ1v) is 10.1. The van der Waals surface area contributed by atoms with Crippen molar-refractivity contribution in [2.75, 3.05) is 20.3 Å². The minimum atomic E-state index is -0.0768. The number of aliphatic imine (C=N–C) groups is 1. The number of hydrogen-bond donors (Lipinski definition) is 0. The summed E-state index contributed by atoms with van der Waals surface area (Å²) in [5.41, 5.74) is 1.50. The smallest absolute Gasteiger partial charge is 0.266 e. The van der Waals surface area contributed by atoms with E-state index in [-0.39, 0.29) is 5.91 Å². The van der Waals surface area contributed by atoms with Gasteiger partial charge in [-0.2, -0.15) is 0 Å². The largest absolute Gasteiger partial charge is 0.493 e. The maximum Gasteiger partial charge on any atom is 0.266 e. The third-order valence-corrected chi connectivity index (χ3v) is 5.38. The Bertz CT molecular complexity index is 943. The van der Waals surface area contributed by atoms with E-state index in [9.17, 15) is 4.79 Å². The Morgan fingerprint density at radius 3 is 2.64 bits per heavy atom. The summed E-state index contributed by atoms with van der Waals surface area (Å²) in [6, 6.07) is 12.9. The maximum absolute atomic E-state index is 12.8. The van der Waals surface area contributed by atoms with Crippen molar-refractivity contribution < 1.29 is 14.3 Å². The normalized spacial score (nSPS) is 16.9. The van der Waals surface area contributed by atoms with E-state index in [2.05, 4.69) is 4.99 Å². The molecule has 0 aromatic heterocycles. The number of halogens is 1. The molecule has 0 atom stereocenters. The molecule has 0 bridgehead atoms. The monoisotopic (exact) mass is 416 g/mol. The van der Waals surface area contributed by atoms with E-state index < -0.39 is 0 Å². The van der Waals surface area contributed by atoms with Crippen molar-refractivity contribution in [1.82, 2.24) is 4.90 Å². The minimum Gasteiger partial charge on any atom is -0.493 e. The second-order valence-corrected chi connectivity index (χ2v) is 7.27. The van der Waals surface area contributed by atoms with Crippen LogP contribution in [0.1, 0.15) is 19.4 Å². The molecule has 0 aliphatic carbocycles. The molecule has 1 amide bonds. The highest BCUT2D eigenvalue weighted by Gasteiger charge is 2.32. The molecule has 1 saturated heterocycles. The van der Waals surface area contributed by atoms with Crippen molar-refractivity contribution >= 4 is 46.2 Å². The molecule has 0 radical (unpaired) electrons. The summed E-state index contributed by atoms with van der Waals surface area (Å²) in [7, 11) is 1.60. The van der Waals surface area contributed by atoms with E-state index in [4.69, 9.17) is 21.1 Å². The molecule has 1 aliphatic heterocycles. The van der Waals surface area contributed by atoms with Crippen LogP contribution in [0.2, 0.25) is 5.02 Å². The molecular weight excluding hydrogens is 396 g/mol. The molecule has 2 aromatic carbocycles. The molecule has 1 heterocycles. The third-order valence-electron chi connectivity index (χ3n) is 4.06. The lowest BCUT2D eigenvalue weighted by Crippen LogP contribution is -2.28. The van der Waals surface area contributed by atoms with Gasteiger partial charge >= 0.3 is 0 Å². The number of nitrogens with zero attached hydrogens (tertiary/aromatic N) is 2. The van der Waals surface area contributed by atoms with Crippen LogP contribution in [0.4, 0.5) is 5.69 Å². The van der Waals surface area contributed by atoms with E-state index in [0.29, 0.717) is 45.4 Å². The molecule has 7 heteroatoms. The average molecular weight is 417 g/mol. The zero-order valence-corrected chi connectivity index (χ0v) is 17.5. The quantitative estimate of drug-likeness (QED) is 0.594. The summed E-state index contributed by atoms with van der Waals surface area (Å²) in [5, 5.41) is 1.17. The van der Waals surface area contributed by atoms with Crippen LogP contribution in [-0.4, -0.2) is 36.2 Å². The Labute approximate surface area is 174 Å². The molecule has 5 nitrogen and oxygen atoms in total. The van der Waals surface area contributed by atoms with Gasteiger partial charge in [0.2, 0.25) is 0 Å². The SMILES string of the molecule is CCOc1cc(/C=C2/SC(=Nc3ccccc3Cl)N(CC)C2=O)ccc1OC. The summed E-state index contributed by atoms with van der Waals surface area (Å²) in [4.78, 5) is 19.7. The fraction of sp³-hybridized carbons (Fsp3) is 0.238. The van der Waals surface area contributed by atoms with Crippen LogP contribution in [0.3, 0.4) is 0 Å². The first-order chi connectivity index (χ1) is 13.6. The number of rotatable bonds is 6. The van der Waals surface area contributed by atoms with Crippen molar-refractivity contribution in [3.05, 3.63) is 58.0 Å². The third kappa shape index (κ3) is 4.34. The molecule has 0 saturated carbocycles. The number of thioether (sulfide) groups is 1. The summed E-state index contributed by atoms with van der Waals surface area (Å²) < 4.78 is 10.9. The molecule has 2 aromatic rings. The van der Waals surface area contributed by atoms with Gasteiger partial charge in [-0.05, 0) is 61.5 Å². The molecular formula is C21H21ClN2O3S. The molecule has 0 unspecified atom stereocenters. The van der Waals surface area contributed by atoms with Gasteiger partial charge in [-0.25, -0.2) is 4.99 Å². The summed E-state index contributed by atoms with van der Waals surface area (Å²) in [5.74, 6) is 1.23. The fourth-order valence-corrected chi connectivity index (χ4v) is 3.95. The van der Waals surface area contributed by atoms with E-state index in [0.717, 1.165) is 5.56 Å². The number of benzene rings is 2. The predicted octanol–water partition coefficient (Wildman–Crippen LogP) is 5.37. The molecule has 28 heavy (non-hydrogen) atoms. The number of amides is 1. The van der Waals surface area contributed by atoms with E-state index >= 15 is 0 Å². The Kier molecular flexibility index (Phi) is 6.65. The van der Waals surface area contributed by atoms with Gasteiger partial charge in [-0.15, -0.1) is 0 Å². The van der Waals surface area contributed by atoms with E-state index in [1.54, 1.807) is 18.1 Å². The fourth-order valence-electron chi connectivity index (χ4n) is 2.72. The molecule has 1 aliphatic rings. The lowest BCUT2D eigenvalue weighted by Gasteiger charge is -2.12. The Morgan fingerprint density at radius 2 is 1.96 bits per heavy atom. The van der Waals surface area contributed by atoms with Crippen molar-refractivity contribution in [1.29, 1.82) is 0 Å². The predicted molar refractivity (Wildman–Crippen MR) is 116 cm³/mol. The average Bonchev–Trinajstić information content (AvgIpc) is 2.98. The van der Waals surface area contributed by atoms with Crippen LogP contribution in [-0.2, 0) is 4.79 Å². The number of methoxy groups -OCH3 is 1. The van der Waals surface area contributed by atoms with Gasteiger partial charge in [0.05, 0.1) is 29.3 Å². The van der Waals surface area contributed by atoms with Crippen LogP contribution in [0.15, 0.2) is 52.4 Å². The van der Waals surface area contributed by atoms with Crippen molar-refractivity contribution in [2.45, 2.75) is 13.8 Å². The number of hydrogen-bond acceptors (Lipinski definition) is 5. The van der Waals surface area contributed by atoms with E-state index in [1.807, 2.05) is 56.3 Å². The zero-order valence-electron chi connectivity index (χ0n) is 15.9. The lowest BCUT2D eigenvalue weighted by atomic mass is 10.2. The number of carbonyl (C=O) groups is 1. The Hall–Kier alpha value is -2.44. The zero-order chi connectivity index (χ0) is 20.1. The van der Waals surface area contributed by atoms with Gasteiger partial charge in [-0.3, -0.25) is 9.69 Å². The van der Waals surface area contributed by atoms with Crippen LogP contribution in [0, 0.1) is 0 Å². The number of ether oxygens (including phenoxy) is 2. The second-order valence-electron chi connectivity index (χ2n) is 5.85. The summed E-state index contributed by atoms with van der Waals surface area (Å²) in [6.45, 7) is 4.89. The molecule has 0 spiro atoms.